The molecule has 0 amide bonds. The number of hydrogen-bond acceptors (Lipinski definition) is 4. The third-order valence-corrected chi connectivity index (χ3v) is 6.01. The molecule has 0 aliphatic carbocycles. The highest BCUT2D eigenvalue weighted by molar-refractivity contribution is 7.99. The Morgan fingerprint density at radius 1 is 0.897 bits per heavy atom. The van der Waals surface area contributed by atoms with Crippen molar-refractivity contribution in [3.05, 3.63) is 64.2 Å². The van der Waals surface area contributed by atoms with E-state index < -0.39 is 18.0 Å². The first kappa shape index (κ1) is 23.7. The van der Waals surface area contributed by atoms with Crippen molar-refractivity contribution < 1.29 is 28.5 Å². The molecule has 2 aromatic rings. The van der Waals surface area contributed by atoms with E-state index in [0.29, 0.717) is 6.42 Å². The summed E-state index contributed by atoms with van der Waals surface area (Å²) in [7, 11) is 0. The molecule has 0 aromatic heterocycles. The minimum absolute atomic E-state index is 0.0969. The van der Waals surface area contributed by atoms with E-state index in [9.17, 15) is 28.5 Å². The number of aliphatic hydroxyl groups is 3. The minimum atomic E-state index is -4.59. The lowest BCUT2D eigenvalue weighted by Crippen LogP contribution is -2.30. The number of halogens is 3. The van der Waals surface area contributed by atoms with Gasteiger partial charge in [-0.25, -0.2) is 0 Å². The van der Waals surface area contributed by atoms with E-state index in [1.807, 2.05) is 43.3 Å². The fourth-order valence-electron chi connectivity index (χ4n) is 3.10. The van der Waals surface area contributed by atoms with Gasteiger partial charge in [0.05, 0.1) is 13.2 Å². The van der Waals surface area contributed by atoms with Crippen molar-refractivity contribution in [3.63, 3.8) is 0 Å². The maximum atomic E-state index is 12.5. The highest BCUT2D eigenvalue weighted by Gasteiger charge is 2.38. The van der Waals surface area contributed by atoms with Gasteiger partial charge >= 0.3 is 6.18 Å². The van der Waals surface area contributed by atoms with Crippen molar-refractivity contribution in [1.82, 2.24) is 0 Å². The highest BCUT2D eigenvalue weighted by atomic mass is 32.2. The van der Waals surface area contributed by atoms with Gasteiger partial charge in [-0.15, -0.1) is 11.8 Å². The lowest BCUT2D eigenvalue weighted by Gasteiger charge is -2.15. The van der Waals surface area contributed by atoms with Crippen molar-refractivity contribution in [2.24, 2.45) is 0 Å². The summed E-state index contributed by atoms with van der Waals surface area (Å²) in [6, 6.07) is 11.5. The third-order valence-electron chi connectivity index (χ3n) is 4.82. The predicted octanol–water partition coefficient (Wildman–Crippen LogP) is 4.42. The molecule has 2 rings (SSSR count). The Balaban J connectivity index is 1.95. The SMILES string of the molecule is CCc1cc(CCCc2ccc(CO)c(CO)c2)ccc1SCC(O)C(F)(F)F. The molecular formula is C22H27F3O3S. The number of aliphatic hydroxyl groups excluding tert-OH is 3. The first-order chi connectivity index (χ1) is 13.8. The number of aryl methyl sites for hydroxylation is 3. The molecule has 2 aromatic carbocycles. The normalized spacial score (nSPS) is 12.9. The Morgan fingerprint density at radius 2 is 1.48 bits per heavy atom. The van der Waals surface area contributed by atoms with Crippen LogP contribution in [-0.2, 0) is 32.5 Å². The molecule has 0 fully saturated rings. The second-order valence-corrected chi connectivity index (χ2v) is 8.00. The Hall–Kier alpha value is -1.54. The quantitative estimate of drug-likeness (QED) is 0.490. The van der Waals surface area contributed by atoms with Crippen LogP contribution in [0.4, 0.5) is 13.2 Å². The van der Waals surface area contributed by atoms with E-state index in [1.165, 1.54) is 0 Å². The zero-order chi connectivity index (χ0) is 21.4. The van der Waals surface area contributed by atoms with Gasteiger partial charge in [0, 0.05) is 10.6 Å². The Morgan fingerprint density at radius 3 is 2.03 bits per heavy atom. The Kier molecular flexibility index (Phi) is 9.02. The smallest absolute Gasteiger partial charge is 0.392 e. The predicted molar refractivity (Wildman–Crippen MR) is 109 cm³/mol. The van der Waals surface area contributed by atoms with Crippen LogP contribution >= 0.6 is 11.8 Å². The van der Waals surface area contributed by atoms with Crippen LogP contribution in [0.1, 0.15) is 41.2 Å². The monoisotopic (exact) mass is 428 g/mol. The zero-order valence-electron chi connectivity index (χ0n) is 16.4. The maximum absolute atomic E-state index is 12.5. The zero-order valence-corrected chi connectivity index (χ0v) is 17.2. The van der Waals surface area contributed by atoms with Gasteiger partial charge in [0.2, 0.25) is 0 Å². The van der Waals surface area contributed by atoms with Crippen LogP contribution in [0.2, 0.25) is 0 Å². The van der Waals surface area contributed by atoms with Crippen molar-refractivity contribution in [2.45, 2.75) is 63.0 Å². The molecule has 0 bridgehead atoms. The van der Waals surface area contributed by atoms with E-state index >= 15 is 0 Å². The molecule has 0 aliphatic rings. The second-order valence-electron chi connectivity index (χ2n) is 6.94. The largest absolute Gasteiger partial charge is 0.415 e. The summed E-state index contributed by atoms with van der Waals surface area (Å²) in [6.45, 7) is 1.76. The van der Waals surface area contributed by atoms with Gasteiger partial charge < -0.3 is 15.3 Å². The molecule has 7 heteroatoms. The van der Waals surface area contributed by atoms with Crippen molar-refractivity contribution >= 4 is 11.8 Å². The summed E-state index contributed by atoms with van der Waals surface area (Å²) < 4.78 is 37.4. The highest BCUT2D eigenvalue weighted by Crippen LogP contribution is 2.30. The number of rotatable bonds is 10. The van der Waals surface area contributed by atoms with Gasteiger partial charge in [0.25, 0.3) is 0 Å². The maximum Gasteiger partial charge on any atom is 0.415 e. The van der Waals surface area contributed by atoms with Gasteiger partial charge in [-0.3, -0.25) is 0 Å². The third kappa shape index (κ3) is 7.03. The number of hydrogen-bond donors (Lipinski definition) is 3. The van der Waals surface area contributed by atoms with Crippen LogP contribution in [0.25, 0.3) is 0 Å². The van der Waals surface area contributed by atoms with Crippen molar-refractivity contribution in [3.8, 4) is 0 Å². The van der Waals surface area contributed by atoms with E-state index in [4.69, 9.17) is 0 Å². The summed E-state index contributed by atoms with van der Waals surface area (Å²) in [5, 5.41) is 27.8. The fourth-order valence-corrected chi connectivity index (χ4v) is 4.18. The summed E-state index contributed by atoms with van der Waals surface area (Å²) in [5.41, 5.74) is 4.66. The van der Waals surface area contributed by atoms with Crippen molar-refractivity contribution in [1.29, 1.82) is 0 Å². The number of alkyl halides is 3. The van der Waals surface area contributed by atoms with Crippen molar-refractivity contribution in [2.75, 3.05) is 5.75 Å². The Bertz CT molecular complexity index is 793. The topological polar surface area (TPSA) is 60.7 Å². The molecule has 3 nitrogen and oxygen atoms in total. The van der Waals surface area contributed by atoms with E-state index in [1.54, 1.807) is 0 Å². The molecule has 160 valence electrons. The molecule has 29 heavy (non-hydrogen) atoms. The molecule has 0 saturated carbocycles. The molecule has 0 spiro atoms. The number of benzene rings is 2. The van der Waals surface area contributed by atoms with Crippen LogP contribution in [-0.4, -0.2) is 33.4 Å². The molecular weight excluding hydrogens is 401 g/mol. The van der Waals surface area contributed by atoms with Gasteiger partial charge in [0.15, 0.2) is 6.10 Å². The van der Waals surface area contributed by atoms with Crippen LogP contribution in [0.15, 0.2) is 41.3 Å². The molecule has 0 heterocycles. The molecule has 3 N–H and O–H groups in total. The van der Waals surface area contributed by atoms with E-state index in [2.05, 4.69) is 0 Å². The molecule has 0 radical (unpaired) electrons. The van der Waals surface area contributed by atoms with Gasteiger partial charge in [0.1, 0.15) is 0 Å². The van der Waals surface area contributed by atoms with Crippen LogP contribution in [0.5, 0.6) is 0 Å². The fraction of sp³-hybridized carbons (Fsp3) is 0.455. The average Bonchev–Trinajstić information content (AvgIpc) is 2.71. The lowest BCUT2D eigenvalue weighted by molar-refractivity contribution is -0.195. The Labute approximate surface area is 173 Å². The van der Waals surface area contributed by atoms with Gasteiger partial charge in [-0.2, -0.15) is 13.2 Å². The van der Waals surface area contributed by atoms with E-state index in [-0.39, 0.29) is 13.2 Å². The first-order valence-electron chi connectivity index (χ1n) is 9.60. The molecule has 1 unspecified atom stereocenters. The lowest BCUT2D eigenvalue weighted by atomic mass is 9.99. The molecule has 0 saturated heterocycles. The average molecular weight is 429 g/mol. The van der Waals surface area contributed by atoms with Gasteiger partial charge in [-0.05, 0) is 59.6 Å². The molecule has 1 atom stereocenters. The number of thioether (sulfide) groups is 1. The van der Waals surface area contributed by atoms with Crippen LogP contribution in [0, 0.1) is 0 Å². The summed E-state index contributed by atoms with van der Waals surface area (Å²) in [5.74, 6) is -0.410. The van der Waals surface area contributed by atoms with Crippen LogP contribution < -0.4 is 0 Å². The first-order valence-corrected chi connectivity index (χ1v) is 10.6. The van der Waals surface area contributed by atoms with Gasteiger partial charge in [-0.1, -0.05) is 37.3 Å². The molecule has 0 aliphatic heterocycles. The van der Waals surface area contributed by atoms with Crippen LogP contribution in [0.3, 0.4) is 0 Å². The van der Waals surface area contributed by atoms with E-state index in [0.717, 1.165) is 63.7 Å². The summed E-state index contributed by atoms with van der Waals surface area (Å²) in [4.78, 5) is 0.770. The second kappa shape index (κ2) is 11.0. The summed E-state index contributed by atoms with van der Waals surface area (Å²) in [6.07, 6.45) is -3.65. The summed E-state index contributed by atoms with van der Waals surface area (Å²) >= 11 is 1.03. The minimum Gasteiger partial charge on any atom is -0.392 e. The standard InChI is InChI=1S/C22H27F3O3S/c1-2-17-10-16(7-9-20(17)29-14-21(28)22(23,24)25)5-3-4-15-6-8-18(12-26)19(11-15)13-27/h6-11,21,26-28H,2-5,12-14H2,1H3.